The van der Waals surface area contributed by atoms with E-state index in [1.165, 1.54) is 4.88 Å². The van der Waals surface area contributed by atoms with Gasteiger partial charge in [0.1, 0.15) is 6.54 Å². The van der Waals surface area contributed by atoms with Gasteiger partial charge in [0.05, 0.1) is 12.3 Å². The monoisotopic (exact) mass is 228 g/mol. The molecule has 4 nitrogen and oxygen atoms in total. The summed E-state index contributed by atoms with van der Waals surface area (Å²) >= 11 is 1.59. The predicted octanol–water partition coefficient (Wildman–Crippen LogP) is 1.76. The first kappa shape index (κ1) is 12.0. The van der Waals surface area contributed by atoms with E-state index in [2.05, 4.69) is 4.98 Å². The first-order chi connectivity index (χ1) is 7.04. The standard InChI is InChI=1S/C10H16N2O2S/c1-5-14-9(13)6-12(4)10-11-7(2)8(3)15-10/h5-6H2,1-4H3. The van der Waals surface area contributed by atoms with Crippen LogP contribution >= 0.6 is 11.3 Å². The molecule has 0 saturated heterocycles. The molecule has 0 amide bonds. The van der Waals surface area contributed by atoms with E-state index < -0.39 is 0 Å². The summed E-state index contributed by atoms with van der Waals surface area (Å²) in [5.41, 5.74) is 1.02. The highest BCUT2D eigenvalue weighted by Gasteiger charge is 2.12. The van der Waals surface area contributed by atoms with Gasteiger partial charge in [0.15, 0.2) is 5.13 Å². The van der Waals surface area contributed by atoms with Crippen molar-refractivity contribution in [2.75, 3.05) is 25.1 Å². The molecule has 0 radical (unpaired) electrons. The summed E-state index contributed by atoms with van der Waals surface area (Å²) in [6, 6.07) is 0. The predicted molar refractivity (Wildman–Crippen MR) is 61.5 cm³/mol. The van der Waals surface area contributed by atoms with Crippen molar-refractivity contribution in [3.8, 4) is 0 Å². The Bertz CT molecular complexity index is 330. The zero-order valence-electron chi connectivity index (χ0n) is 9.53. The van der Waals surface area contributed by atoms with Gasteiger partial charge in [0, 0.05) is 11.9 Å². The smallest absolute Gasteiger partial charge is 0.325 e. The number of hydrogen-bond donors (Lipinski definition) is 0. The van der Waals surface area contributed by atoms with Crippen LogP contribution in [-0.2, 0) is 9.53 Å². The topological polar surface area (TPSA) is 42.4 Å². The Kier molecular flexibility index (Phi) is 4.08. The molecule has 0 N–H and O–H groups in total. The molecule has 0 aliphatic rings. The number of thiazole rings is 1. The molecule has 0 spiro atoms. The van der Waals surface area contributed by atoms with Gasteiger partial charge in [0.25, 0.3) is 0 Å². The van der Waals surface area contributed by atoms with E-state index in [4.69, 9.17) is 4.74 Å². The quantitative estimate of drug-likeness (QED) is 0.736. The van der Waals surface area contributed by atoms with E-state index in [1.54, 1.807) is 18.3 Å². The molecule has 0 aromatic carbocycles. The number of carbonyl (C=O) groups excluding carboxylic acids is 1. The minimum Gasteiger partial charge on any atom is -0.465 e. The average Bonchev–Trinajstić information content (AvgIpc) is 2.47. The molecule has 0 fully saturated rings. The molecule has 1 heterocycles. The Hall–Kier alpha value is -1.10. The number of esters is 1. The van der Waals surface area contributed by atoms with E-state index in [0.717, 1.165) is 10.8 Å². The molecular formula is C10H16N2O2S. The number of ether oxygens (including phenoxy) is 1. The first-order valence-electron chi connectivity index (χ1n) is 4.85. The molecule has 15 heavy (non-hydrogen) atoms. The van der Waals surface area contributed by atoms with Crippen LogP contribution < -0.4 is 4.90 Å². The minimum absolute atomic E-state index is 0.217. The molecule has 1 aromatic rings. The number of nitrogens with zero attached hydrogens (tertiary/aromatic N) is 2. The molecule has 0 unspecified atom stereocenters. The highest BCUT2D eigenvalue weighted by Crippen LogP contribution is 2.23. The molecule has 0 bridgehead atoms. The Morgan fingerprint density at radius 2 is 2.20 bits per heavy atom. The van der Waals surface area contributed by atoms with Gasteiger partial charge in [-0.15, -0.1) is 11.3 Å². The summed E-state index contributed by atoms with van der Waals surface area (Å²) in [6.07, 6.45) is 0. The van der Waals surface area contributed by atoms with Crippen molar-refractivity contribution >= 4 is 22.4 Å². The van der Waals surface area contributed by atoms with Gasteiger partial charge in [-0.1, -0.05) is 0 Å². The van der Waals surface area contributed by atoms with Crippen molar-refractivity contribution < 1.29 is 9.53 Å². The van der Waals surface area contributed by atoms with E-state index >= 15 is 0 Å². The summed E-state index contributed by atoms with van der Waals surface area (Å²) in [6.45, 7) is 6.46. The van der Waals surface area contributed by atoms with Crippen LogP contribution in [0.15, 0.2) is 0 Å². The van der Waals surface area contributed by atoms with E-state index in [9.17, 15) is 4.79 Å². The summed E-state index contributed by atoms with van der Waals surface area (Å²) < 4.78 is 4.87. The van der Waals surface area contributed by atoms with Gasteiger partial charge in [-0.25, -0.2) is 4.98 Å². The van der Waals surface area contributed by atoms with Gasteiger partial charge in [-0.05, 0) is 20.8 Å². The molecule has 1 rings (SSSR count). The van der Waals surface area contributed by atoms with Crippen molar-refractivity contribution in [1.82, 2.24) is 4.98 Å². The maximum Gasteiger partial charge on any atom is 0.325 e. The summed E-state index contributed by atoms with van der Waals surface area (Å²) in [7, 11) is 1.84. The number of hydrogen-bond acceptors (Lipinski definition) is 5. The SMILES string of the molecule is CCOC(=O)CN(C)c1nc(C)c(C)s1. The van der Waals surface area contributed by atoms with Crippen LogP contribution in [-0.4, -0.2) is 31.2 Å². The third kappa shape index (κ3) is 3.20. The van der Waals surface area contributed by atoms with Crippen LogP contribution in [0.1, 0.15) is 17.5 Å². The second-order valence-electron chi connectivity index (χ2n) is 3.30. The molecule has 5 heteroatoms. The Morgan fingerprint density at radius 1 is 1.53 bits per heavy atom. The zero-order chi connectivity index (χ0) is 11.4. The van der Waals surface area contributed by atoms with Crippen molar-refractivity contribution in [3.05, 3.63) is 10.6 Å². The first-order valence-corrected chi connectivity index (χ1v) is 5.67. The van der Waals surface area contributed by atoms with Crippen LogP contribution in [0.4, 0.5) is 5.13 Å². The van der Waals surface area contributed by atoms with Crippen LogP contribution in [0.5, 0.6) is 0 Å². The molecule has 1 aromatic heterocycles. The molecule has 0 saturated carbocycles. The van der Waals surface area contributed by atoms with Crippen LogP contribution in [0, 0.1) is 13.8 Å². The minimum atomic E-state index is -0.217. The van der Waals surface area contributed by atoms with Crippen molar-refractivity contribution in [2.24, 2.45) is 0 Å². The average molecular weight is 228 g/mol. The molecule has 84 valence electrons. The zero-order valence-corrected chi connectivity index (χ0v) is 10.3. The van der Waals surface area contributed by atoms with E-state index in [-0.39, 0.29) is 12.5 Å². The van der Waals surface area contributed by atoms with E-state index in [0.29, 0.717) is 6.61 Å². The Morgan fingerprint density at radius 3 is 2.67 bits per heavy atom. The van der Waals surface area contributed by atoms with Gasteiger partial charge >= 0.3 is 5.97 Å². The fraction of sp³-hybridized carbons (Fsp3) is 0.600. The summed E-state index contributed by atoms with van der Waals surface area (Å²) in [5, 5.41) is 0.859. The molecular weight excluding hydrogens is 212 g/mol. The van der Waals surface area contributed by atoms with Gasteiger partial charge in [-0.2, -0.15) is 0 Å². The fourth-order valence-electron chi connectivity index (χ4n) is 1.09. The van der Waals surface area contributed by atoms with Crippen LogP contribution in [0.3, 0.4) is 0 Å². The molecule has 0 aliphatic heterocycles. The number of anilines is 1. The number of rotatable bonds is 4. The molecule has 0 aliphatic carbocycles. The lowest BCUT2D eigenvalue weighted by atomic mass is 10.4. The second kappa shape index (κ2) is 5.11. The second-order valence-corrected chi connectivity index (χ2v) is 4.48. The summed E-state index contributed by atoms with van der Waals surface area (Å²) in [5.74, 6) is -0.217. The Balaban J connectivity index is 2.60. The van der Waals surface area contributed by atoms with Gasteiger partial charge in [-0.3, -0.25) is 4.79 Å². The lowest BCUT2D eigenvalue weighted by Gasteiger charge is -2.13. The van der Waals surface area contributed by atoms with Crippen LogP contribution in [0.2, 0.25) is 0 Å². The lowest BCUT2D eigenvalue weighted by molar-refractivity contribution is -0.141. The lowest BCUT2D eigenvalue weighted by Crippen LogP contribution is -2.26. The third-order valence-electron chi connectivity index (χ3n) is 2.02. The van der Waals surface area contributed by atoms with Crippen molar-refractivity contribution in [3.63, 3.8) is 0 Å². The normalized spacial score (nSPS) is 10.1. The van der Waals surface area contributed by atoms with Crippen LogP contribution in [0.25, 0.3) is 0 Å². The maximum absolute atomic E-state index is 11.2. The number of likely N-dealkylation sites (N-methyl/N-ethyl adjacent to an activating group) is 1. The fourth-order valence-corrected chi connectivity index (χ4v) is 1.96. The van der Waals surface area contributed by atoms with E-state index in [1.807, 2.05) is 25.8 Å². The highest BCUT2D eigenvalue weighted by molar-refractivity contribution is 7.15. The van der Waals surface area contributed by atoms with Gasteiger partial charge < -0.3 is 9.64 Å². The Labute approximate surface area is 93.9 Å². The third-order valence-corrected chi connectivity index (χ3v) is 3.20. The van der Waals surface area contributed by atoms with Gasteiger partial charge in [0.2, 0.25) is 0 Å². The number of aromatic nitrogens is 1. The number of carbonyl (C=O) groups is 1. The number of aryl methyl sites for hydroxylation is 2. The largest absolute Gasteiger partial charge is 0.465 e. The van der Waals surface area contributed by atoms with Crippen molar-refractivity contribution in [2.45, 2.75) is 20.8 Å². The summed E-state index contributed by atoms with van der Waals surface area (Å²) in [4.78, 5) is 18.6. The highest BCUT2D eigenvalue weighted by atomic mass is 32.1. The molecule has 0 atom stereocenters. The van der Waals surface area contributed by atoms with Crippen molar-refractivity contribution in [1.29, 1.82) is 0 Å². The maximum atomic E-state index is 11.2.